The molecule has 2 heterocycles. The van der Waals surface area contributed by atoms with Gasteiger partial charge >= 0.3 is 0 Å². The van der Waals surface area contributed by atoms with Crippen molar-refractivity contribution in [2.75, 3.05) is 4.90 Å². The minimum absolute atomic E-state index is 0.114. The smallest absolute Gasteiger partial charge is 0.226 e. The Morgan fingerprint density at radius 1 is 1.32 bits per heavy atom. The van der Waals surface area contributed by atoms with Crippen molar-refractivity contribution in [2.45, 2.75) is 13.5 Å². The lowest BCUT2D eigenvalue weighted by Gasteiger charge is -2.16. The Morgan fingerprint density at radius 3 is 2.73 bits per heavy atom. The number of rotatable bonds is 4. The molecule has 0 spiro atoms. The molecule has 0 aliphatic rings. The minimum Gasteiger partial charge on any atom is -0.467 e. The van der Waals surface area contributed by atoms with Crippen molar-refractivity contribution in [3.63, 3.8) is 0 Å². The fourth-order valence-electron chi connectivity index (χ4n) is 2.01. The normalized spacial score (nSPS) is 10.6. The van der Waals surface area contributed by atoms with Crippen LogP contribution < -0.4 is 4.90 Å². The van der Waals surface area contributed by atoms with Crippen LogP contribution in [0.25, 0.3) is 11.3 Å². The Morgan fingerprint density at radius 2 is 2.09 bits per heavy atom. The zero-order chi connectivity index (χ0) is 15.5. The third-order valence-corrected chi connectivity index (χ3v) is 4.00. The number of anilines is 1. The lowest BCUT2D eigenvalue weighted by atomic mass is 10.2. The molecule has 0 aliphatic carbocycles. The van der Waals surface area contributed by atoms with Crippen LogP contribution in [0, 0.1) is 5.82 Å². The van der Waals surface area contributed by atoms with Gasteiger partial charge in [-0.25, -0.2) is 9.37 Å². The number of aromatic nitrogens is 1. The van der Waals surface area contributed by atoms with Crippen molar-refractivity contribution in [2.24, 2.45) is 0 Å². The van der Waals surface area contributed by atoms with Gasteiger partial charge in [0.05, 0.1) is 18.5 Å². The molecule has 112 valence electrons. The van der Waals surface area contributed by atoms with Gasteiger partial charge in [0, 0.05) is 17.9 Å². The zero-order valence-corrected chi connectivity index (χ0v) is 12.6. The van der Waals surface area contributed by atoms with Crippen LogP contribution in [0.15, 0.2) is 52.5 Å². The van der Waals surface area contributed by atoms with Crippen molar-refractivity contribution in [3.05, 3.63) is 59.6 Å². The van der Waals surface area contributed by atoms with Crippen LogP contribution in [0.3, 0.4) is 0 Å². The molecule has 0 aliphatic heterocycles. The Bertz CT molecular complexity index is 766. The largest absolute Gasteiger partial charge is 0.467 e. The number of hydrogen-bond acceptors (Lipinski definition) is 4. The number of benzene rings is 1. The van der Waals surface area contributed by atoms with Crippen LogP contribution in [-0.2, 0) is 11.3 Å². The van der Waals surface area contributed by atoms with Crippen molar-refractivity contribution in [3.8, 4) is 11.3 Å². The summed E-state index contributed by atoms with van der Waals surface area (Å²) in [6.07, 6.45) is 1.57. The average Bonchev–Trinajstić information content (AvgIpc) is 3.17. The Hall–Kier alpha value is -2.47. The molecular formula is C16H13FN2O2S. The van der Waals surface area contributed by atoms with Crippen LogP contribution in [0.5, 0.6) is 0 Å². The molecule has 3 rings (SSSR count). The van der Waals surface area contributed by atoms with E-state index in [-0.39, 0.29) is 11.7 Å². The molecule has 0 N–H and O–H groups in total. The summed E-state index contributed by atoms with van der Waals surface area (Å²) in [6, 6.07) is 9.70. The maximum atomic E-state index is 13.0. The van der Waals surface area contributed by atoms with E-state index in [2.05, 4.69) is 4.98 Å². The maximum absolute atomic E-state index is 13.0. The fraction of sp³-hybridized carbons (Fsp3) is 0.125. The maximum Gasteiger partial charge on any atom is 0.226 e. The van der Waals surface area contributed by atoms with Gasteiger partial charge < -0.3 is 4.42 Å². The predicted molar refractivity (Wildman–Crippen MR) is 83.1 cm³/mol. The standard InChI is InChI=1S/C16H13FN2O2S/c1-11(20)19(9-14-3-2-8-21-14)16-18-15(10-22-16)12-4-6-13(17)7-5-12/h2-8,10H,9H2,1H3. The quantitative estimate of drug-likeness (QED) is 0.728. The van der Waals surface area contributed by atoms with E-state index < -0.39 is 0 Å². The average molecular weight is 316 g/mol. The van der Waals surface area contributed by atoms with E-state index in [0.717, 1.165) is 5.56 Å². The van der Waals surface area contributed by atoms with E-state index in [1.807, 2.05) is 11.4 Å². The Kier molecular flexibility index (Phi) is 4.02. The van der Waals surface area contributed by atoms with E-state index in [1.54, 1.807) is 29.4 Å². The highest BCUT2D eigenvalue weighted by atomic mass is 32.1. The van der Waals surface area contributed by atoms with Crippen molar-refractivity contribution < 1.29 is 13.6 Å². The number of carbonyl (C=O) groups excluding carboxylic acids is 1. The molecule has 0 saturated carbocycles. The highest BCUT2D eigenvalue weighted by molar-refractivity contribution is 7.14. The third kappa shape index (κ3) is 3.07. The van der Waals surface area contributed by atoms with Crippen LogP contribution in [0.4, 0.5) is 9.52 Å². The predicted octanol–water partition coefficient (Wildman–Crippen LogP) is 4.10. The van der Waals surface area contributed by atoms with Gasteiger partial charge in [-0.15, -0.1) is 11.3 Å². The summed E-state index contributed by atoms with van der Waals surface area (Å²) in [6.45, 7) is 1.82. The topological polar surface area (TPSA) is 46.3 Å². The number of halogens is 1. The molecular weight excluding hydrogens is 303 g/mol. The van der Waals surface area contributed by atoms with Crippen LogP contribution in [0.1, 0.15) is 12.7 Å². The second-order valence-corrected chi connectivity index (χ2v) is 5.54. The van der Waals surface area contributed by atoms with E-state index >= 15 is 0 Å². The van der Waals surface area contributed by atoms with E-state index in [4.69, 9.17) is 4.42 Å². The first-order chi connectivity index (χ1) is 10.6. The highest BCUT2D eigenvalue weighted by Gasteiger charge is 2.17. The molecule has 2 aromatic heterocycles. The second kappa shape index (κ2) is 6.11. The molecule has 0 fully saturated rings. The molecule has 0 radical (unpaired) electrons. The van der Waals surface area contributed by atoms with Gasteiger partial charge in [0.15, 0.2) is 5.13 Å². The van der Waals surface area contributed by atoms with E-state index in [9.17, 15) is 9.18 Å². The number of amides is 1. The highest BCUT2D eigenvalue weighted by Crippen LogP contribution is 2.28. The van der Waals surface area contributed by atoms with E-state index in [0.29, 0.717) is 23.1 Å². The molecule has 0 atom stereocenters. The number of thiazole rings is 1. The number of furan rings is 1. The van der Waals surface area contributed by atoms with Gasteiger partial charge in [-0.1, -0.05) is 0 Å². The first-order valence-electron chi connectivity index (χ1n) is 6.65. The van der Waals surface area contributed by atoms with Crippen LogP contribution in [-0.4, -0.2) is 10.9 Å². The molecule has 1 amide bonds. The number of nitrogens with zero attached hydrogens (tertiary/aromatic N) is 2. The SMILES string of the molecule is CC(=O)N(Cc1ccco1)c1nc(-c2ccc(F)cc2)cs1. The van der Waals surface area contributed by atoms with Gasteiger partial charge in [-0.3, -0.25) is 9.69 Å². The summed E-state index contributed by atoms with van der Waals surface area (Å²) in [5.41, 5.74) is 1.52. The Labute approximate surface area is 130 Å². The van der Waals surface area contributed by atoms with Crippen LogP contribution >= 0.6 is 11.3 Å². The fourth-order valence-corrected chi connectivity index (χ4v) is 2.89. The van der Waals surface area contributed by atoms with Crippen molar-refractivity contribution in [1.29, 1.82) is 0 Å². The summed E-state index contributed by atoms with van der Waals surface area (Å²) < 4.78 is 18.3. The lowest BCUT2D eigenvalue weighted by molar-refractivity contribution is -0.116. The molecule has 0 unspecified atom stereocenters. The number of carbonyl (C=O) groups is 1. The molecule has 22 heavy (non-hydrogen) atoms. The third-order valence-electron chi connectivity index (χ3n) is 3.14. The van der Waals surface area contributed by atoms with Gasteiger partial charge in [-0.05, 0) is 36.4 Å². The first-order valence-corrected chi connectivity index (χ1v) is 7.53. The molecule has 0 bridgehead atoms. The van der Waals surface area contributed by atoms with Gasteiger partial charge in [0.2, 0.25) is 5.91 Å². The van der Waals surface area contributed by atoms with Gasteiger partial charge in [-0.2, -0.15) is 0 Å². The van der Waals surface area contributed by atoms with Gasteiger partial charge in [0.25, 0.3) is 0 Å². The molecule has 6 heteroatoms. The minimum atomic E-state index is -0.289. The van der Waals surface area contributed by atoms with Crippen molar-refractivity contribution >= 4 is 22.4 Å². The molecule has 3 aromatic rings. The summed E-state index contributed by atoms with van der Waals surface area (Å²) in [5, 5.41) is 2.43. The summed E-state index contributed by atoms with van der Waals surface area (Å²) in [7, 11) is 0. The van der Waals surface area contributed by atoms with Gasteiger partial charge in [0.1, 0.15) is 11.6 Å². The van der Waals surface area contributed by atoms with Crippen LogP contribution in [0.2, 0.25) is 0 Å². The summed E-state index contributed by atoms with van der Waals surface area (Å²) in [5.74, 6) is 0.285. The van der Waals surface area contributed by atoms with Crippen molar-refractivity contribution in [1.82, 2.24) is 4.98 Å². The lowest BCUT2D eigenvalue weighted by Crippen LogP contribution is -2.27. The number of hydrogen-bond donors (Lipinski definition) is 0. The second-order valence-electron chi connectivity index (χ2n) is 4.71. The summed E-state index contributed by atoms with van der Waals surface area (Å²) in [4.78, 5) is 17.9. The molecule has 0 saturated heterocycles. The first kappa shape index (κ1) is 14.5. The monoisotopic (exact) mass is 316 g/mol. The van der Waals surface area contributed by atoms with E-state index in [1.165, 1.54) is 30.4 Å². The molecule has 4 nitrogen and oxygen atoms in total. The Balaban J connectivity index is 1.86. The zero-order valence-electron chi connectivity index (χ0n) is 11.8. The summed E-state index contributed by atoms with van der Waals surface area (Å²) >= 11 is 1.37. The molecule has 1 aromatic carbocycles.